The zero-order valence-corrected chi connectivity index (χ0v) is 14.2. The average molecular weight is 382 g/mol. The molecule has 0 spiro atoms. The molecule has 1 heterocycles. The number of nitrogens with zero attached hydrogens (tertiary/aromatic N) is 2. The highest BCUT2D eigenvalue weighted by Gasteiger charge is 2.19. The van der Waals surface area contributed by atoms with E-state index in [0.717, 1.165) is 0 Å². The van der Waals surface area contributed by atoms with Crippen LogP contribution in [-0.2, 0) is 0 Å². The molecule has 0 saturated heterocycles. The number of benzene rings is 2. The highest BCUT2D eigenvalue weighted by molar-refractivity contribution is 5.89. The fourth-order valence-electron chi connectivity index (χ4n) is 2.60. The number of carboxylic acids is 1. The van der Waals surface area contributed by atoms with Crippen LogP contribution in [0.25, 0.3) is 22.5 Å². The number of nitro benzene ring substituents is 1. The van der Waals surface area contributed by atoms with Gasteiger partial charge in [-0.1, -0.05) is 18.2 Å². The minimum absolute atomic E-state index is 0.0445. The van der Waals surface area contributed by atoms with Gasteiger partial charge in [-0.2, -0.15) is 0 Å². The van der Waals surface area contributed by atoms with E-state index in [-0.39, 0.29) is 39.7 Å². The van der Waals surface area contributed by atoms with Crippen molar-refractivity contribution < 1.29 is 14.8 Å². The number of carboxylic acid groups (broad SMARTS) is 1. The smallest absolute Gasteiger partial charge is 0.335 e. The number of H-pyrrole nitrogens is 1. The molecule has 0 fully saturated rings. The number of nitrogens with one attached hydrogen (secondary N) is 2. The van der Waals surface area contributed by atoms with Gasteiger partial charge in [0.05, 0.1) is 16.1 Å². The summed E-state index contributed by atoms with van der Waals surface area (Å²) >= 11 is 0. The maximum atomic E-state index is 11.9. The van der Waals surface area contributed by atoms with Crippen LogP contribution >= 0.6 is 0 Å². The molecule has 28 heavy (non-hydrogen) atoms. The molecular weight excluding hydrogens is 368 g/mol. The lowest BCUT2D eigenvalue weighted by Crippen LogP contribution is -2.20. The zero-order chi connectivity index (χ0) is 20.4. The Bertz CT molecular complexity index is 1140. The van der Waals surface area contributed by atoms with Crippen LogP contribution in [0, 0.1) is 10.1 Å². The Morgan fingerprint density at radius 1 is 1.18 bits per heavy atom. The van der Waals surface area contributed by atoms with E-state index in [0.29, 0.717) is 5.56 Å². The number of aromatic amines is 1. The van der Waals surface area contributed by atoms with Crippen molar-refractivity contribution in [1.29, 1.82) is 0 Å². The molecule has 0 aliphatic heterocycles. The second kappa shape index (κ2) is 7.17. The monoisotopic (exact) mass is 382 g/mol. The summed E-state index contributed by atoms with van der Waals surface area (Å²) in [5.41, 5.74) is 7.72. The maximum absolute atomic E-state index is 11.9. The predicted octanol–water partition coefficient (Wildman–Crippen LogP) is 1.58. The van der Waals surface area contributed by atoms with Crippen LogP contribution in [0.1, 0.15) is 10.4 Å². The average Bonchev–Trinajstić information content (AvgIpc) is 2.69. The summed E-state index contributed by atoms with van der Waals surface area (Å²) in [6.07, 6.45) is 0. The third-order valence-electron chi connectivity index (χ3n) is 4.00. The van der Waals surface area contributed by atoms with Crippen molar-refractivity contribution in [3.8, 4) is 22.5 Å². The molecule has 0 aliphatic carbocycles. The van der Waals surface area contributed by atoms with Crippen molar-refractivity contribution in [3.05, 3.63) is 68.5 Å². The number of hydrazine groups is 1. The van der Waals surface area contributed by atoms with Crippen LogP contribution in [0.15, 0.2) is 47.3 Å². The van der Waals surface area contributed by atoms with E-state index in [1.165, 1.54) is 42.5 Å². The molecule has 2 aromatic carbocycles. The van der Waals surface area contributed by atoms with Crippen molar-refractivity contribution in [2.45, 2.75) is 0 Å². The second-order valence-corrected chi connectivity index (χ2v) is 5.69. The number of aromatic nitrogens is 2. The van der Waals surface area contributed by atoms with Gasteiger partial charge in [0.1, 0.15) is 11.5 Å². The maximum Gasteiger partial charge on any atom is 0.335 e. The van der Waals surface area contributed by atoms with E-state index in [1.807, 2.05) is 0 Å². The quantitative estimate of drug-likeness (QED) is 0.247. The van der Waals surface area contributed by atoms with Crippen molar-refractivity contribution in [3.63, 3.8) is 0 Å². The molecule has 0 bridgehead atoms. The largest absolute Gasteiger partial charge is 0.478 e. The molecule has 0 aliphatic rings. The molecule has 3 aromatic rings. The summed E-state index contributed by atoms with van der Waals surface area (Å²) in [5, 5.41) is 20.5. The Morgan fingerprint density at radius 3 is 2.39 bits per heavy atom. The number of nitrogen functional groups attached to an aromatic ring is 2. The van der Waals surface area contributed by atoms with E-state index in [1.54, 1.807) is 0 Å². The van der Waals surface area contributed by atoms with E-state index in [4.69, 9.17) is 16.7 Å². The van der Waals surface area contributed by atoms with Gasteiger partial charge < -0.3 is 21.2 Å². The van der Waals surface area contributed by atoms with Crippen LogP contribution in [0.4, 0.5) is 17.2 Å². The summed E-state index contributed by atoms with van der Waals surface area (Å²) in [5.74, 6) is 4.17. The fourth-order valence-corrected chi connectivity index (χ4v) is 2.60. The van der Waals surface area contributed by atoms with E-state index >= 15 is 0 Å². The first-order chi connectivity index (χ1) is 13.3. The molecular formula is C17H14N6O5. The Balaban J connectivity index is 2.12. The Kier molecular flexibility index (Phi) is 4.75. The van der Waals surface area contributed by atoms with Gasteiger partial charge in [-0.05, 0) is 23.8 Å². The molecule has 7 N–H and O–H groups in total. The van der Waals surface area contributed by atoms with Gasteiger partial charge in [-0.15, -0.1) is 0 Å². The number of carbonyl (C=O) groups is 1. The van der Waals surface area contributed by atoms with Crippen molar-refractivity contribution in [1.82, 2.24) is 9.97 Å². The predicted molar refractivity (Wildman–Crippen MR) is 102 cm³/mol. The standard InChI is InChI=1S/C17H14N6O5/c18-13-15(22-19)20-14(21-16(13)24)10-5-6-11(12(7-10)23(27)28)8-1-3-9(4-2-8)17(25)26/h1-7H,18-19H2,(H,25,26)(H2,20,21,22,24). The van der Waals surface area contributed by atoms with Crippen LogP contribution in [0.3, 0.4) is 0 Å². The van der Waals surface area contributed by atoms with Crippen LogP contribution in [-0.4, -0.2) is 26.0 Å². The van der Waals surface area contributed by atoms with Gasteiger partial charge in [0.15, 0.2) is 5.82 Å². The number of nitrogens with two attached hydrogens (primary N) is 2. The third kappa shape index (κ3) is 3.37. The van der Waals surface area contributed by atoms with E-state index < -0.39 is 16.5 Å². The van der Waals surface area contributed by atoms with E-state index in [2.05, 4.69) is 15.4 Å². The first kappa shape index (κ1) is 18.5. The molecule has 11 nitrogen and oxygen atoms in total. The number of hydrogen-bond donors (Lipinski definition) is 5. The van der Waals surface area contributed by atoms with Gasteiger partial charge in [0, 0.05) is 11.6 Å². The van der Waals surface area contributed by atoms with Gasteiger partial charge in [-0.25, -0.2) is 15.6 Å². The number of hydrogen-bond acceptors (Lipinski definition) is 8. The van der Waals surface area contributed by atoms with E-state index in [9.17, 15) is 19.7 Å². The third-order valence-corrected chi connectivity index (χ3v) is 4.00. The topological polar surface area (TPSA) is 190 Å². The van der Waals surface area contributed by atoms with Crippen LogP contribution < -0.4 is 22.6 Å². The molecule has 0 saturated carbocycles. The minimum atomic E-state index is -1.10. The Hall–Kier alpha value is -4.25. The first-order valence-corrected chi connectivity index (χ1v) is 7.80. The summed E-state index contributed by atoms with van der Waals surface area (Å²) in [6, 6.07) is 9.92. The number of nitro groups is 1. The molecule has 0 amide bonds. The number of aromatic carboxylic acids is 1. The van der Waals surface area contributed by atoms with Crippen molar-refractivity contribution >= 4 is 23.2 Å². The lowest BCUT2D eigenvalue weighted by atomic mass is 10.00. The lowest BCUT2D eigenvalue weighted by Gasteiger charge is -2.09. The summed E-state index contributed by atoms with van der Waals surface area (Å²) in [7, 11) is 0. The van der Waals surface area contributed by atoms with Crippen LogP contribution in [0.5, 0.6) is 0 Å². The molecule has 0 atom stereocenters. The summed E-state index contributed by atoms with van der Waals surface area (Å²) in [6.45, 7) is 0. The van der Waals surface area contributed by atoms with Gasteiger partial charge in [0.2, 0.25) is 0 Å². The Labute approximate surface area is 156 Å². The summed E-state index contributed by atoms with van der Waals surface area (Å²) < 4.78 is 0. The highest BCUT2D eigenvalue weighted by Crippen LogP contribution is 2.33. The van der Waals surface area contributed by atoms with Crippen molar-refractivity contribution in [2.75, 3.05) is 11.2 Å². The fraction of sp³-hybridized carbons (Fsp3) is 0. The van der Waals surface area contributed by atoms with Gasteiger partial charge in [0.25, 0.3) is 11.2 Å². The molecule has 142 valence electrons. The zero-order valence-electron chi connectivity index (χ0n) is 14.2. The molecule has 3 rings (SSSR count). The Morgan fingerprint density at radius 2 is 1.82 bits per heavy atom. The molecule has 0 radical (unpaired) electrons. The SMILES string of the molecule is NNc1nc(-c2ccc(-c3ccc(C(=O)O)cc3)c([N+](=O)[O-])c2)[nH]c(=O)c1N. The van der Waals surface area contributed by atoms with Gasteiger partial charge in [-0.3, -0.25) is 14.9 Å². The molecule has 11 heteroatoms. The first-order valence-electron chi connectivity index (χ1n) is 7.80. The number of anilines is 2. The number of rotatable bonds is 5. The highest BCUT2D eigenvalue weighted by atomic mass is 16.6. The minimum Gasteiger partial charge on any atom is -0.478 e. The van der Waals surface area contributed by atoms with Gasteiger partial charge >= 0.3 is 5.97 Å². The van der Waals surface area contributed by atoms with Crippen LogP contribution in [0.2, 0.25) is 0 Å². The second-order valence-electron chi connectivity index (χ2n) is 5.69. The summed E-state index contributed by atoms with van der Waals surface area (Å²) in [4.78, 5) is 40.3. The lowest BCUT2D eigenvalue weighted by molar-refractivity contribution is -0.384. The molecule has 0 unspecified atom stereocenters. The molecule has 1 aromatic heterocycles. The van der Waals surface area contributed by atoms with Crippen molar-refractivity contribution in [2.24, 2.45) is 5.84 Å². The normalized spacial score (nSPS) is 10.5.